The Balaban J connectivity index is 2.07. The highest BCUT2D eigenvalue weighted by Gasteiger charge is 2.28. The van der Waals surface area contributed by atoms with Crippen molar-refractivity contribution in [2.45, 2.75) is 18.9 Å². The van der Waals surface area contributed by atoms with Crippen LogP contribution < -0.4 is 10.9 Å². The third kappa shape index (κ3) is 3.16. The van der Waals surface area contributed by atoms with Gasteiger partial charge in [-0.15, -0.1) is 6.58 Å². The zero-order valence-electron chi connectivity index (χ0n) is 11.4. The number of hydrazine groups is 1. The molecule has 0 fully saturated rings. The molecule has 1 aromatic carbocycles. The van der Waals surface area contributed by atoms with Gasteiger partial charge in [-0.1, -0.05) is 24.3 Å². The van der Waals surface area contributed by atoms with E-state index < -0.39 is 5.54 Å². The highest BCUT2D eigenvalue weighted by molar-refractivity contribution is 5.93. The summed E-state index contributed by atoms with van der Waals surface area (Å²) >= 11 is 0. The predicted molar refractivity (Wildman–Crippen MR) is 77.9 cm³/mol. The molecular formula is C16H18N2O2. The van der Waals surface area contributed by atoms with E-state index in [4.69, 9.17) is 4.42 Å². The van der Waals surface area contributed by atoms with Crippen molar-refractivity contribution in [3.63, 3.8) is 0 Å². The van der Waals surface area contributed by atoms with Crippen LogP contribution in [0.25, 0.3) is 0 Å². The van der Waals surface area contributed by atoms with Gasteiger partial charge in [0.2, 0.25) is 0 Å². The van der Waals surface area contributed by atoms with Crippen LogP contribution in [0, 0.1) is 0 Å². The number of nitrogens with one attached hydrogen (secondary N) is 2. The molecule has 1 atom stereocenters. The molecule has 4 heteroatoms. The van der Waals surface area contributed by atoms with Crippen molar-refractivity contribution < 1.29 is 9.21 Å². The maximum Gasteiger partial charge on any atom is 0.265 e. The summed E-state index contributed by atoms with van der Waals surface area (Å²) in [6.07, 6.45) is 4.01. The van der Waals surface area contributed by atoms with Crippen LogP contribution in [0.1, 0.15) is 29.5 Å². The molecule has 0 saturated heterocycles. The van der Waals surface area contributed by atoms with Gasteiger partial charge in [0.05, 0.1) is 11.8 Å². The molecule has 0 aliphatic rings. The lowest BCUT2D eigenvalue weighted by Gasteiger charge is -2.27. The van der Waals surface area contributed by atoms with Gasteiger partial charge in [-0.3, -0.25) is 10.2 Å². The van der Waals surface area contributed by atoms with E-state index in [2.05, 4.69) is 17.4 Å². The lowest BCUT2D eigenvalue weighted by Crippen LogP contribution is -2.50. The lowest BCUT2D eigenvalue weighted by molar-refractivity contribution is 0.0900. The molecule has 0 unspecified atom stereocenters. The van der Waals surface area contributed by atoms with Crippen LogP contribution in [0.5, 0.6) is 0 Å². The summed E-state index contributed by atoms with van der Waals surface area (Å²) in [6.45, 7) is 5.69. The third-order valence-corrected chi connectivity index (χ3v) is 3.11. The number of furan rings is 1. The molecule has 20 heavy (non-hydrogen) atoms. The van der Waals surface area contributed by atoms with Gasteiger partial charge in [-0.25, -0.2) is 5.43 Å². The largest absolute Gasteiger partial charge is 0.467 e. The van der Waals surface area contributed by atoms with Crippen molar-refractivity contribution >= 4 is 5.91 Å². The Labute approximate surface area is 118 Å². The molecule has 2 rings (SSSR count). The first-order chi connectivity index (χ1) is 9.65. The number of benzene rings is 1. The second-order valence-electron chi connectivity index (χ2n) is 4.75. The fourth-order valence-electron chi connectivity index (χ4n) is 1.95. The zero-order chi connectivity index (χ0) is 14.4. The molecule has 1 heterocycles. The van der Waals surface area contributed by atoms with Crippen LogP contribution in [0.2, 0.25) is 0 Å². The van der Waals surface area contributed by atoms with Crippen molar-refractivity contribution in [1.82, 2.24) is 10.9 Å². The van der Waals surface area contributed by atoms with Gasteiger partial charge in [-0.2, -0.15) is 0 Å². The van der Waals surface area contributed by atoms with Crippen LogP contribution in [-0.4, -0.2) is 5.91 Å². The van der Waals surface area contributed by atoms with Gasteiger partial charge in [-0.05, 0) is 37.6 Å². The third-order valence-electron chi connectivity index (χ3n) is 3.11. The van der Waals surface area contributed by atoms with Crippen molar-refractivity contribution in [1.29, 1.82) is 0 Å². The minimum Gasteiger partial charge on any atom is -0.467 e. The van der Waals surface area contributed by atoms with Gasteiger partial charge in [0.25, 0.3) is 5.91 Å². The zero-order valence-corrected chi connectivity index (χ0v) is 11.4. The van der Waals surface area contributed by atoms with E-state index in [1.165, 1.54) is 0 Å². The molecular weight excluding hydrogens is 252 g/mol. The van der Waals surface area contributed by atoms with E-state index in [1.807, 2.05) is 37.3 Å². The Kier molecular flexibility index (Phi) is 4.38. The van der Waals surface area contributed by atoms with Gasteiger partial charge in [0.15, 0.2) is 0 Å². The van der Waals surface area contributed by atoms with Crippen molar-refractivity contribution in [2.75, 3.05) is 0 Å². The summed E-state index contributed by atoms with van der Waals surface area (Å²) < 4.78 is 5.43. The number of hydrogen-bond acceptors (Lipinski definition) is 3. The Bertz CT molecular complexity index is 563. The topological polar surface area (TPSA) is 54.3 Å². The van der Waals surface area contributed by atoms with Gasteiger partial charge in [0.1, 0.15) is 5.76 Å². The molecule has 1 amide bonds. The quantitative estimate of drug-likeness (QED) is 0.626. The monoisotopic (exact) mass is 270 g/mol. The lowest BCUT2D eigenvalue weighted by atomic mass is 9.95. The minimum atomic E-state index is -0.532. The highest BCUT2D eigenvalue weighted by atomic mass is 16.3. The first kappa shape index (κ1) is 14.1. The Morgan fingerprint density at radius 2 is 2.05 bits per heavy atom. The SMILES string of the molecule is C=CC[C@@](C)(NNC(=O)c1ccccc1)c1ccco1. The molecule has 0 aliphatic heterocycles. The summed E-state index contributed by atoms with van der Waals surface area (Å²) in [7, 11) is 0. The Hall–Kier alpha value is -2.33. The fourth-order valence-corrected chi connectivity index (χ4v) is 1.95. The van der Waals surface area contributed by atoms with Crippen LogP contribution in [0.4, 0.5) is 0 Å². The minimum absolute atomic E-state index is 0.188. The Morgan fingerprint density at radius 1 is 1.30 bits per heavy atom. The van der Waals surface area contributed by atoms with E-state index in [1.54, 1.807) is 24.5 Å². The van der Waals surface area contributed by atoms with E-state index in [-0.39, 0.29) is 5.91 Å². The first-order valence-electron chi connectivity index (χ1n) is 6.43. The second-order valence-corrected chi connectivity index (χ2v) is 4.75. The number of carbonyl (C=O) groups is 1. The average Bonchev–Trinajstić information content (AvgIpc) is 3.01. The molecule has 0 spiro atoms. The van der Waals surface area contributed by atoms with Crippen molar-refractivity contribution in [3.8, 4) is 0 Å². The number of hydrogen-bond donors (Lipinski definition) is 2. The average molecular weight is 270 g/mol. The summed E-state index contributed by atoms with van der Waals surface area (Å²) in [5.74, 6) is 0.554. The second kappa shape index (κ2) is 6.21. The van der Waals surface area contributed by atoms with Gasteiger partial charge in [0, 0.05) is 5.56 Å². The number of rotatable bonds is 6. The van der Waals surface area contributed by atoms with Crippen LogP contribution in [0.15, 0.2) is 65.8 Å². The number of carbonyl (C=O) groups excluding carboxylic acids is 1. The van der Waals surface area contributed by atoms with Crippen LogP contribution in [-0.2, 0) is 5.54 Å². The van der Waals surface area contributed by atoms with E-state index in [0.717, 1.165) is 5.76 Å². The summed E-state index contributed by atoms with van der Waals surface area (Å²) in [5, 5.41) is 0. The molecule has 0 radical (unpaired) electrons. The fraction of sp³-hybridized carbons (Fsp3) is 0.188. The first-order valence-corrected chi connectivity index (χ1v) is 6.43. The Morgan fingerprint density at radius 3 is 2.65 bits per heavy atom. The molecule has 0 saturated carbocycles. The van der Waals surface area contributed by atoms with Crippen molar-refractivity contribution in [2.24, 2.45) is 0 Å². The highest BCUT2D eigenvalue weighted by Crippen LogP contribution is 2.24. The molecule has 4 nitrogen and oxygen atoms in total. The van der Waals surface area contributed by atoms with Gasteiger partial charge < -0.3 is 4.42 Å². The smallest absolute Gasteiger partial charge is 0.265 e. The van der Waals surface area contributed by atoms with Gasteiger partial charge >= 0.3 is 0 Å². The molecule has 0 bridgehead atoms. The standard InChI is InChI=1S/C16H18N2O2/c1-3-11-16(2,14-10-7-12-20-14)18-17-15(19)13-8-5-4-6-9-13/h3-10,12,18H,1,11H2,2H3,(H,17,19)/t16-/m1/s1. The molecule has 104 valence electrons. The molecule has 1 aromatic heterocycles. The maximum atomic E-state index is 12.0. The molecule has 0 aliphatic carbocycles. The molecule has 2 N–H and O–H groups in total. The predicted octanol–water partition coefficient (Wildman–Crippen LogP) is 3.01. The van der Waals surface area contributed by atoms with E-state index in [9.17, 15) is 4.79 Å². The van der Waals surface area contributed by atoms with Crippen molar-refractivity contribution in [3.05, 3.63) is 72.7 Å². The van der Waals surface area contributed by atoms with E-state index >= 15 is 0 Å². The summed E-state index contributed by atoms with van der Waals surface area (Å²) in [5.41, 5.74) is 5.81. The summed E-state index contributed by atoms with van der Waals surface area (Å²) in [6, 6.07) is 12.7. The van der Waals surface area contributed by atoms with E-state index in [0.29, 0.717) is 12.0 Å². The van der Waals surface area contributed by atoms with Crippen LogP contribution >= 0.6 is 0 Å². The maximum absolute atomic E-state index is 12.0. The summed E-state index contributed by atoms with van der Waals surface area (Å²) in [4.78, 5) is 12.0. The number of amides is 1. The van der Waals surface area contributed by atoms with Crippen LogP contribution in [0.3, 0.4) is 0 Å². The normalized spacial score (nSPS) is 13.4. The molecule has 2 aromatic rings.